The molecule has 1 aromatic rings. The van der Waals surface area contributed by atoms with Crippen LogP contribution in [0.2, 0.25) is 0 Å². The minimum Gasteiger partial charge on any atom is -0.382 e. The van der Waals surface area contributed by atoms with Gasteiger partial charge in [0.05, 0.1) is 0 Å². The molecule has 5 nitrogen and oxygen atoms in total. The predicted molar refractivity (Wildman–Crippen MR) is 81.3 cm³/mol. The maximum Gasteiger partial charge on any atom is 0.321 e. The van der Waals surface area contributed by atoms with E-state index in [1.54, 1.807) is 4.90 Å². The monoisotopic (exact) mass is 274 g/mol. The van der Waals surface area contributed by atoms with Crippen molar-refractivity contribution in [3.63, 3.8) is 0 Å². The SMILES string of the molecule is CN1CCC(Nc2ccc(N3CCNC3=O)cc2)CC1. The van der Waals surface area contributed by atoms with Gasteiger partial charge < -0.3 is 15.5 Å². The zero-order valence-corrected chi connectivity index (χ0v) is 11.9. The number of nitrogens with zero attached hydrogens (tertiary/aromatic N) is 2. The lowest BCUT2D eigenvalue weighted by Gasteiger charge is -2.30. The summed E-state index contributed by atoms with van der Waals surface area (Å²) in [7, 11) is 2.17. The molecule has 3 rings (SSSR count). The summed E-state index contributed by atoms with van der Waals surface area (Å²) in [6.45, 7) is 3.79. The first-order chi connectivity index (χ1) is 9.72. The number of hydrogen-bond acceptors (Lipinski definition) is 3. The van der Waals surface area contributed by atoms with Gasteiger partial charge in [0.2, 0.25) is 0 Å². The Bertz CT molecular complexity index is 465. The third-order valence-corrected chi connectivity index (χ3v) is 4.13. The summed E-state index contributed by atoms with van der Waals surface area (Å²) in [5.41, 5.74) is 2.11. The van der Waals surface area contributed by atoms with Crippen molar-refractivity contribution in [2.24, 2.45) is 0 Å². The molecule has 2 N–H and O–H groups in total. The Hall–Kier alpha value is -1.75. The molecule has 1 aromatic carbocycles. The van der Waals surface area contributed by atoms with Crippen molar-refractivity contribution in [3.8, 4) is 0 Å². The highest BCUT2D eigenvalue weighted by Gasteiger charge is 2.21. The molecule has 2 aliphatic heterocycles. The number of benzene rings is 1. The number of carbonyl (C=O) groups is 1. The number of amides is 2. The second-order valence-corrected chi connectivity index (χ2v) is 5.65. The van der Waals surface area contributed by atoms with Gasteiger partial charge in [0.15, 0.2) is 0 Å². The maximum atomic E-state index is 11.6. The molecule has 2 saturated heterocycles. The number of rotatable bonds is 3. The molecule has 0 spiro atoms. The molecule has 2 heterocycles. The average Bonchev–Trinajstić information content (AvgIpc) is 2.89. The molecule has 20 heavy (non-hydrogen) atoms. The Morgan fingerprint density at radius 1 is 1.15 bits per heavy atom. The normalized spacial score (nSPS) is 21.1. The minimum absolute atomic E-state index is 0.000951. The van der Waals surface area contributed by atoms with Crippen molar-refractivity contribution in [2.45, 2.75) is 18.9 Å². The second-order valence-electron chi connectivity index (χ2n) is 5.65. The Balaban J connectivity index is 1.60. The summed E-state index contributed by atoms with van der Waals surface area (Å²) in [5.74, 6) is 0. The fourth-order valence-corrected chi connectivity index (χ4v) is 2.84. The fraction of sp³-hybridized carbons (Fsp3) is 0.533. The summed E-state index contributed by atoms with van der Waals surface area (Å²) >= 11 is 0. The topological polar surface area (TPSA) is 47.6 Å². The van der Waals surface area contributed by atoms with E-state index in [1.807, 2.05) is 12.1 Å². The van der Waals surface area contributed by atoms with E-state index in [4.69, 9.17) is 0 Å². The Labute approximate surface area is 119 Å². The third kappa shape index (κ3) is 2.88. The van der Waals surface area contributed by atoms with Crippen LogP contribution in [0, 0.1) is 0 Å². The zero-order valence-electron chi connectivity index (χ0n) is 11.9. The molecule has 0 atom stereocenters. The fourth-order valence-electron chi connectivity index (χ4n) is 2.84. The molecule has 2 aliphatic rings. The van der Waals surface area contributed by atoms with Gasteiger partial charge in [0.1, 0.15) is 0 Å². The van der Waals surface area contributed by atoms with E-state index in [9.17, 15) is 4.79 Å². The highest BCUT2D eigenvalue weighted by molar-refractivity contribution is 5.94. The Morgan fingerprint density at radius 2 is 1.85 bits per heavy atom. The smallest absolute Gasteiger partial charge is 0.321 e. The molecule has 108 valence electrons. The molecule has 2 fully saturated rings. The van der Waals surface area contributed by atoms with Crippen LogP contribution in [0.3, 0.4) is 0 Å². The summed E-state index contributed by atoms with van der Waals surface area (Å²) in [6.07, 6.45) is 2.37. The molecule has 0 radical (unpaired) electrons. The van der Waals surface area contributed by atoms with E-state index < -0.39 is 0 Å². The molecule has 0 bridgehead atoms. The number of likely N-dealkylation sites (tertiary alicyclic amines) is 1. The molecule has 0 aliphatic carbocycles. The van der Waals surface area contributed by atoms with Crippen LogP contribution in [0.4, 0.5) is 16.2 Å². The molecular weight excluding hydrogens is 252 g/mol. The van der Waals surface area contributed by atoms with Gasteiger partial charge >= 0.3 is 6.03 Å². The summed E-state index contributed by atoms with van der Waals surface area (Å²) in [4.78, 5) is 15.7. The van der Waals surface area contributed by atoms with E-state index in [-0.39, 0.29) is 6.03 Å². The predicted octanol–water partition coefficient (Wildman–Crippen LogP) is 1.72. The largest absolute Gasteiger partial charge is 0.382 e. The zero-order chi connectivity index (χ0) is 13.9. The van der Waals surface area contributed by atoms with Crippen LogP contribution in [-0.4, -0.2) is 50.2 Å². The number of urea groups is 1. The summed E-state index contributed by atoms with van der Waals surface area (Å²) < 4.78 is 0. The van der Waals surface area contributed by atoms with Crippen molar-refractivity contribution in [3.05, 3.63) is 24.3 Å². The molecule has 5 heteroatoms. The van der Waals surface area contributed by atoms with Crippen molar-refractivity contribution in [2.75, 3.05) is 43.4 Å². The van der Waals surface area contributed by atoms with Crippen molar-refractivity contribution in [1.82, 2.24) is 10.2 Å². The average molecular weight is 274 g/mol. The summed E-state index contributed by atoms with van der Waals surface area (Å²) in [5, 5.41) is 6.40. The van der Waals surface area contributed by atoms with E-state index >= 15 is 0 Å². The van der Waals surface area contributed by atoms with E-state index in [1.165, 1.54) is 12.8 Å². The van der Waals surface area contributed by atoms with E-state index in [0.29, 0.717) is 6.04 Å². The molecule has 2 amide bonds. The maximum absolute atomic E-state index is 11.6. The minimum atomic E-state index is 0.000951. The van der Waals surface area contributed by atoms with Crippen molar-refractivity contribution in [1.29, 1.82) is 0 Å². The molecule has 0 unspecified atom stereocenters. The summed E-state index contributed by atoms with van der Waals surface area (Å²) in [6, 6.07) is 8.73. The van der Waals surface area contributed by atoms with Crippen LogP contribution in [0.1, 0.15) is 12.8 Å². The van der Waals surface area contributed by atoms with Crippen LogP contribution >= 0.6 is 0 Å². The van der Waals surface area contributed by atoms with Gasteiger partial charge in [0.25, 0.3) is 0 Å². The first kappa shape index (κ1) is 13.2. The first-order valence-corrected chi connectivity index (χ1v) is 7.33. The number of piperidine rings is 1. The van der Waals surface area contributed by atoms with Crippen LogP contribution in [0.25, 0.3) is 0 Å². The van der Waals surface area contributed by atoms with Crippen LogP contribution < -0.4 is 15.5 Å². The van der Waals surface area contributed by atoms with Crippen LogP contribution in [0.15, 0.2) is 24.3 Å². The highest BCUT2D eigenvalue weighted by atomic mass is 16.2. The Morgan fingerprint density at radius 3 is 2.45 bits per heavy atom. The number of anilines is 2. The van der Waals surface area contributed by atoms with Gasteiger partial charge in [-0.05, 0) is 57.2 Å². The quantitative estimate of drug-likeness (QED) is 0.882. The van der Waals surface area contributed by atoms with Crippen LogP contribution in [0.5, 0.6) is 0 Å². The van der Waals surface area contributed by atoms with Crippen molar-refractivity contribution >= 4 is 17.4 Å². The lowest BCUT2D eigenvalue weighted by Crippen LogP contribution is -2.36. The van der Waals surface area contributed by atoms with Gasteiger partial charge in [0, 0.05) is 30.5 Å². The Kier molecular flexibility index (Phi) is 3.78. The number of hydrogen-bond donors (Lipinski definition) is 2. The van der Waals surface area contributed by atoms with Gasteiger partial charge in [-0.3, -0.25) is 4.90 Å². The van der Waals surface area contributed by atoms with Gasteiger partial charge in [-0.25, -0.2) is 4.79 Å². The number of carbonyl (C=O) groups excluding carboxylic acids is 1. The lowest BCUT2D eigenvalue weighted by molar-refractivity contribution is 0.252. The molecule has 0 saturated carbocycles. The second kappa shape index (κ2) is 5.71. The standard InChI is InChI=1S/C15H22N4O/c1-18-9-6-13(7-10-18)17-12-2-4-14(5-3-12)19-11-8-16-15(19)20/h2-5,13,17H,6-11H2,1H3,(H,16,20). The van der Waals surface area contributed by atoms with Gasteiger partial charge in [-0.15, -0.1) is 0 Å². The number of nitrogens with one attached hydrogen (secondary N) is 2. The highest BCUT2D eigenvalue weighted by Crippen LogP contribution is 2.21. The lowest BCUT2D eigenvalue weighted by atomic mass is 10.1. The van der Waals surface area contributed by atoms with Crippen molar-refractivity contribution < 1.29 is 4.79 Å². The first-order valence-electron chi connectivity index (χ1n) is 7.33. The van der Waals surface area contributed by atoms with E-state index in [0.717, 1.165) is 37.6 Å². The third-order valence-electron chi connectivity index (χ3n) is 4.13. The molecular formula is C15H22N4O. The molecule has 0 aromatic heterocycles. The van der Waals surface area contributed by atoms with Crippen LogP contribution in [-0.2, 0) is 0 Å². The van der Waals surface area contributed by atoms with Gasteiger partial charge in [-0.2, -0.15) is 0 Å². The van der Waals surface area contributed by atoms with E-state index in [2.05, 4.69) is 34.7 Å². The van der Waals surface area contributed by atoms with Gasteiger partial charge in [-0.1, -0.05) is 0 Å².